The van der Waals surface area contributed by atoms with Crippen molar-refractivity contribution in [1.82, 2.24) is 5.12 Å². The Labute approximate surface area is 47.0 Å². The van der Waals surface area contributed by atoms with Crippen molar-refractivity contribution < 1.29 is 14.0 Å². The summed E-state index contributed by atoms with van der Waals surface area (Å²) in [6.45, 7) is -0.201. The lowest BCUT2D eigenvalue weighted by Crippen LogP contribution is -2.21. The molecular formula is C4H8FNO2. The van der Waals surface area contributed by atoms with Crippen molar-refractivity contribution in [3.63, 3.8) is 0 Å². The summed E-state index contributed by atoms with van der Waals surface area (Å²) in [6.07, 6.45) is 0. The first-order valence-corrected chi connectivity index (χ1v) is 2.09. The number of carbonyl (C=O) groups excluding carboxylic acids is 1. The lowest BCUT2D eigenvalue weighted by molar-refractivity contribution is -0.147. The minimum atomic E-state index is -0.674. The van der Waals surface area contributed by atoms with Crippen molar-refractivity contribution in [3.8, 4) is 0 Å². The van der Waals surface area contributed by atoms with E-state index in [1.807, 2.05) is 0 Å². The van der Waals surface area contributed by atoms with Crippen LogP contribution in [-0.4, -0.2) is 31.8 Å². The molecule has 0 radical (unpaired) electrons. The van der Waals surface area contributed by atoms with E-state index in [1.54, 1.807) is 0 Å². The molecule has 0 aromatic rings. The summed E-state index contributed by atoms with van der Waals surface area (Å²) in [5.74, 6) is -0.674. The molecule has 0 fully saturated rings. The van der Waals surface area contributed by atoms with Crippen LogP contribution in [0.15, 0.2) is 0 Å². The Morgan fingerprint density at radius 3 is 2.50 bits per heavy atom. The van der Waals surface area contributed by atoms with Crippen LogP contribution in [0.25, 0.3) is 0 Å². The summed E-state index contributed by atoms with van der Waals surface area (Å²) in [6, 6.07) is 0. The van der Waals surface area contributed by atoms with Crippen LogP contribution in [0.4, 0.5) is 4.48 Å². The number of methoxy groups -OCH3 is 1. The monoisotopic (exact) mass is 121 g/mol. The number of likely N-dealkylation sites (N-methyl/N-ethyl adjacent to an activating group) is 1. The highest BCUT2D eigenvalue weighted by Crippen LogP contribution is 1.82. The van der Waals surface area contributed by atoms with E-state index in [-0.39, 0.29) is 11.7 Å². The molecule has 1 amide bonds. The lowest BCUT2D eigenvalue weighted by Gasteiger charge is -2.01. The average molecular weight is 121 g/mol. The number of amides is 1. The van der Waals surface area contributed by atoms with Crippen molar-refractivity contribution in [2.24, 2.45) is 0 Å². The molecule has 0 aliphatic rings. The van der Waals surface area contributed by atoms with Gasteiger partial charge in [-0.05, 0) is 0 Å². The average Bonchev–Trinajstić information content (AvgIpc) is 1.67. The van der Waals surface area contributed by atoms with E-state index in [0.717, 1.165) is 7.05 Å². The van der Waals surface area contributed by atoms with E-state index in [0.29, 0.717) is 0 Å². The minimum absolute atomic E-state index is 0.0104. The van der Waals surface area contributed by atoms with Crippen LogP contribution in [0, 0.1) is 0 Å². The van der Waals surface area contributed by atoms with Gasteiger partial charge in [-0.3, -0.25) is 4.79 Å². The van der Waals surface area contributed by atoms with E-state index in [2.05, 4.69) is 4.74 Å². The number of halogens is 1. The second-order valence-corrected chi connectivity index (χ2v) is 1.30. The quantitative estimate of drug-likeness (QED) is 0.480. The predicted octanol–water partition coefficient (Wildman–Crippen LogP) is -0.0243. The summed E-state index contributed by atoms with van der Waals surface area (Å²) < 4.78 is 16.0. The molecule has 8 heavy (non-hydrogen) atoms. The second-order valence-electron chi connectivity index (χ2n) is 1.30. The molecule has 0 N–H and O–H groups in total. The molecule has 0 spiro atoms. The third-order valence-electron chi connectivity index (χ3n) is 0.611. The van der Waals surface area contributed by atoms with Crippen LogP contribution in [-0.2, 0) is 9.53 Å². The molecule has 4 heteroatoms. The predicted molar refractivity (Wildman–Crippen MR) is 25.8 cm³/mol. The molecule has 0 bridgehead atoms. The van der Waals surface area contributed by atoms with Crippen LogP contribution in [0.3, 0.4) is 0 Å². The summed E-state index contributed by atoms with van der Waals surface area (Å²) in [5.41, 5.74) is 0. The van der Waals surface area contributed by atoms with Gasteiger partial charge >= 0.3 is 0 Å². The minimum Gasteiger partial charge on any atom is -0.375 e. The molecule has 0 aromatic heterocycles. The Hall–Kier alpha value is -0.640. The maximum absolute atomic E-state index is 11.7. The van der Waals surface area contributed by atoms with Gasteiger partial charge < -0.3 is 4.74 Å². The topological polar surface area (TPSA) is 29.5 Å². The molecule has 0 aliphatic carbocycles. The standard InChI is InChI=1S/C4H8FNO2/c1-6(5)4(7)3-8-2/h3H2,1-2H3. The van der Waals surface area contributed by atoms with Gasteiger partial charge in [-0.2, -0.15) is 5.12 Å². The van der Waals surface area contributed by atoms with Gasteiger partial charge in [-0.15, -0.1) is 0 Å². The van der Waals surface area contributed by atoms with Crippen molar-refractivity contribution in [2.45, 2.75) is 0 Å². The van der Waals surface area contributed by atoms with Gasteiger partial charge in [0.15, 0.2) is 0 Å². The third-order valence-corrected chi connectivity index (χ3v) is 0.611. The van der Waals surface area contributed by atoms with Crippen LogP contribution in [0.1, 0.15) is 0 Å². The Balaban J connectivity index is 3.33. The van der Waals surface area contributed by atoms with Gasteiger partial charge in [0.25, 0.3) is 5.91 Å². The van der Waals surface area contributed by atoms with Crippen LogP contribution < -0.4 is 0 Å². The van der Waals surface area contributed by atoms with Crippen LogP contribution in [0.5, 0.6) is 0 Å². The smallest absolute Gasteiger partial charge is 0.275 e. The summed E-state index contributed by atoms with van der Waals surface area (Å²) in [7, 11) is 2.36. The molecule has 0 saturated carbocycles. The van der Waals surface area contributed by atoms with E-state index in [1.165, 1.54) is 7.11 Å². The molecule has 0 saturated heterocycles. The van der Waals surface area contributed by atoms with E-state index in [9.17, 15) is 9.28 Å². The second kappa shape index (κ2) is 3.37. The molecule has 0 rings (SSSR count). The molecule has 0 heterocycles. The zero-order chi connectivity index (χ0) is 6.57. The molecule has 0 aliphatic heterocycles. The number of carbonyl (C=O) groups is 1. The van der Waals surface area contributed by atoms with Gasteiger partial charge in [0.2, 0.25) is 0 Å². The maximum atomic E-state index is 11.7. The molecule has 0 aromatic carbocycles. The maximum Gasteiger partial charge on any atom is 0.275 e. The van der Waals surface area contributed by atoms with Crippen molar-refractivity contribution >= 4 is 5.91 Å². The highest BCUT2D eigenvalue weighted by atomic mass is 19.2. The van der Waals surface area contributed by atoms with Gasteiger partial charge in [0.1, 0.15) is 6.61 Å². The number of hydrogen-bond acceptors (Lipinski definition) is 2. The van der Waals surface area contributed by atoms with Crippen LogP contribution >= 0.6 is 0 Å². The fraction of sp³-hybridized carbons (Fsp3) is 0.750. The SMILES string of the molecule is COCC(=O)N(C)F. The molecule has 3 nitrogen and oxygen atoms in total. The number of hydrogen-bond donors (Lipinski definition) is 0. The first-order valence-electron chi connectivity index (χ1n) is 2.09. The van der Waals surface area contributed by atoms with Gasteiger partial charge in [-0.25, -0.2) is 0 Å². The first-order chi connectivity index (χ1) is 3.68. The molecule has 48 valence electrons. The zero-order valence-electron chi connectivity index (χ0n) is 4.85. The number of rotatable bonds is 2. The summed E-state index contributed by atoms with van der Waals surface area (Å²) >= 11 is 0. The highest BCUT2D eigenvalue weighted by molar-refractivity contribution is 5.75. The Morgan fingerprint density at radius 1 is 1.88 bits per heavy atom. The number of ether oxygens (including phenoxy) is 1. The Bertz CT molecular complexity index is 84.1. The van der Waals surface area contributed by atoms with E-state index >= 15 is 0 Å². The lowest BCUT2D eigenvalue weighted by atomic mass is 10.6. The fourth-order valence-corrected chi connectivity index (χ4v) is 0.212. The van der Waals surface area contributed by atoms with E-state index in [4.69, 9.17) is 0 Å². The van der Waals surface area contributed by atoms with Gasteiger partial charge in [0.05, 0.1) is 0 Å². The summed E-state index contributed by atoms with van der Waals surface area (Å²) in [5, 5.41) is -0.0104. The summed E-state index contributed by atoms with van der Waals surface area (Å²) in [4.78, 5) is 10.2. The van der Waals surface area contributed by atoms with Crippen molar-refractivity contribution in [3.05, 3.63) is 0 Å². The zero-order valence-corrected chi connectivity index (χ0v) is 4.85. The normalized spacial score (nSPS) is 8.88. The first kappa shape index (κ1) is 7.36. The number of nitrogens with zero attached hydrogens (tertiary/aromatic N) is 1. The Kier molecular flexibility index (Phi) is 3.10. The molecule has 0 unspecified atom stereocenters. The fourth-order valence-electron chi connectivity index (χ4n) is 0.212. The molecular weight excluding hydrogens is 113 g/mol. The van der Waals surface area contributed by atoms with Gasteiger partial charge in [-0.1, -0.05) is 4.48 Å². The third kappa shape index (κ3) is 2.52. The van der Waals surface area contributed by atoms with Crippen LogP contribution in [0.2, 0.25) is 0 Å². The van der Waals surface area contributed by atoms with E-state index < -0.39 is 5.91 Å². The Morgan fingerprint density at radius 2 is 2.38 bits per heavy atom. The van der Waals surface area contributed by atoms with Crippen molar-refractivity contribution in [2.75, 3.05) is 20.8 Å². The largest absolute Gasteiger partial charge is 0.375 e. The van der Waals surface area contributed by atoms with Crippen molar-refractivity contribution in [1.29, 1.82) is 0 Å². The molecule has 0 atom stereocenters. The highest BCUT2D eigenvalue weighted by Gasteiger charge is 2.03. The van der Waals surface area contributed by atoms with Gasteiger partial charge in [0, 0.05) is 14.2 Å².